The topological polar surface area (TPSA) is 12.0 Å². The summed E-state index contributed by atoms with van der Waals surface area (Å²) in [4.78, 5) is 0. The number of hydrogen-bond acceptors (Lipinski definition) is 2. The third kappa shape index (κ3) is 17.8. The van der Waals surface area contributed by atoms with E-state index in [4.69, 9.17) is 0 Å². The molecule has 0 saturated heterocycles. The maximum absolute atomic E-state index is 4.07. The Balaban J connectivity index is 0. The third-order valence-electron chi connectivity index (χ3n) is 0.835. The van der Waals surface area contributed by atoms with E-state index in [0.717, 1.165) is 12.3 Å². The van der Waals surface area contributed by atoms with E-state index in [1.165, 1.54) is 12.8 Å². The molecule has 0 aromatic heterocycles. The molecular weight excluding hydrogens is 130 g/mol. The number of hydrogen-bond donors (Lipinski definition) is 2. The van der Waals surface area contributed by atoms with Gasteiger partial charge < -0.3 is 5.32 Å². The molecule has 0 aromatic rings. The van der Waals surface area contributed by atoms with E-state index < -0.39 is 0 Å². The van der Waals surface area contributed by atoms with Crippen molar-refractivity contribution in [2.24, 2.45) is 0 Å². The van der Waals surface area contributed by atoms with Crippen molar-refractivity contribution in [2.75, 3.05) is 19.3 Å². The second kappa shape index (κ2) is 15.7. The van der Waals surface area contributed by atoms with Gasteiger partial charge in [0.05, 0.1) is 0 Å². The van der Waals surface area contributed by atoms with Gasteiger partial charge in [0.2, 0.25) is 0 Å². The van der Waals surface area contributed by atoms with E-state index >= 15 is 0 Å². The minimum Gasteiger partial charge on any atom is -0.320 e. The zero-order chi connectivity index (χ0) is 7.54. The van der Waals surface area contributed by atoms with E-state index in [-0.39, 0.29) is 0 Å². The zero-order valence-corrected chi connectivity index (χ0v) is 7.67. The van der Waals surface area contributed by atoms with Gasteiger partial charge in [-0.1, -0.05) is 13.8 Å². The molecule has 0 aliphatic heterocycles. The molecule has 0 rings (SSSR count). The van der Waals surface area contributed by atoms with E-state index in [9.17, 15) is 0 Å². The molecule has 0 aliphatic carbocycles. The number of thiol groups is 1. The van der Waals surface area contributed by atoms with Crippen LogP contribution < -0.4 is 5.32 Å². The van der Waals surface area contributed by atoms with Crippen LogP contribution in [0.4, 0.5) is 0 Å². The fourth-order valence-electron chi connectivity index (χ4n) is 0.414. The number of rotatable bonds is 4. The molecule has 0 radical (unpaired) electrons. The summed E-state index contributed by atoms with van der Waals surface area (Å²) in [7, 11) is 1.97. The van der Waals surface area contributed by atoms with Crippen LogP contribution in [0, 0.1) is 0 Å². The SMILES string of the molecule is CC.CNCCCCS. The van der Waals surface area contributed by atoms with Crippen molar-refractivity contribution >= 4 is 12.6 Å². The summed E-state index contributed by atoms with van der Waals surface area (Å²) < 4.78 is 0. The molecule has 58 valence electrons. The molecule has 0 atom stereocenters. The first-order valence-electron chi connectivity index (χ1n) is 3.67. The zero-order valence-electron chi connectivity index (χ0n) is 6.78. The second-order valence-corrected chi connectivity index (χ2v) is 1.98. The van der Waals surface area contributed by atoms with E-state index in [2.05, 4.69) is 17.9 Å². The van der Waals surface area contributed by atoms with Crippen molar-refractivity contribution < 1.29 is 0 Å². The first-order chi connectivity index (χ1) is 4.41. The maximum Gasteiger partial charge on any atom is -0.00516 e. The quantitative estimate of drug-likeness (QED) is 0.460. The molecule has 0 bridgehead atoms. The van der Waals surface area contributed by atoms with Crippen LogP contribution in [-0.4, -0.2) is 19.3 Å². The highest BCUT2D eigenvalue weighted by molar-refractivity contribution is 7.80. The van der Waals surface area contributed by atoms with Crippen LogP contribution in [-0.2, 0) is 0 Å². The molecule has 2 heteroatoms. The lowest BCUT2D eigenvalue weighted by atomic mass is 10.3. The molecule has 0 amide bonds. The predicted octanol–water partition coefficient (Wildman–Crippen LogP) is 1.94. The van der Waals surface area contributed by atoms with Crippen LogP contribution in [0.5, 0.6) is 0 Å². The van der Waals surface area contributed by atoms with Gasteiger partial charge in [-0.15, -0.1) is 0 Å². The monoisotopic (exact) mass is 149 g/mol. The van der Waals surface area contributed by atoms with Gasteiger partial charge in [-0.05, 0) is 32.2 Å². The first kappa shape index (κ1) is 12.0. The lowest BCUT2D eigenvalue weighted by Crippen LogP contribution is -2.06. The van der Waals surface area contributed by atoms with Crippen molar-refractivity contribution in [3.05, 3.63) is 0 Å². The van der Waals surface area contributed by atoms with Crippen LogP contribution in [0.2, 0.25) is 0 Å². The molecule has 0 heterocycles. The number of nitrogens with one attached hydrogen (secondary N) is 1. The molecule has 0 spiro atoms. The lowest BCUT2D eigenvalue weighted by Gasteiger charge is -1.92. The molecule has 1 N–H and O–H groups in total. The maximum atomic E-state index is 4.07. The Kier molecular flexibility index (Phi) is 21.1. The lowest BCUT2D eigenvalue weighted by molar-refractivity contribution is 0.715. The summed E-state index contributed by atoms with van der Waals surface area (Å²) in [5.74, 6) is 1.02. The summed E-state index contributed by atoms with van der Waals surface area (Å²) in [6, 6.07) is 0. The fourth-order valence-corrected chi connectivity index (χ4v) is 0.637. The summed E-state index contributed by atoms with van der Waals surface area (Å²) in [6.45, 7) is 5.13. The van der Waals surface area contributed by atoms with Crippen molar-refractivity contribution in [3.63, 3.8) is 0 Å². The smallest absolute Gasteiger partial charge is 0.00516 e. The summed E-state index contributed by atoms with van der Waals surface area (Å²) in [6.07, 6.45) is 2.48. The van der Waals surface area contributed by atoms with Gasteiger partial charge in [0, 0.05) is 0 Å². The van der Waals surface area contributed by atoms with Gasteiger partial charge in [-0.2, -0.15) is 12.6 Å². The van der Waals surface area contributed by atoms with Crippen molar-refractivity contribution in [2.45, 2.75) is 26.7 Å². The highest BCUT2D eigenvalue weighted by Gasteiger charge is 1.79. The van der Waals surface area contributed by atoms with Gasteiger partial charge in [-0.25, -0.2) is 0 Å². The Morgan fingerprint density at radius 1 is 1.22 bits per heavy atom. The normalized spacial score (nSPS) is 8.00. The third-order valence-corrected chi connectivity index (χ3v) is 1.15. The highest BCUT2D eigenvalue weighted by atomic mass is 32.1. The molecular formula is C7H19NS. The second-order valence-electron chi connectivity index (χ2n) is 1.53. The molecule has 0 saturated carbocycles. The Morgan fingerprint density at radius 2 is 1.78 bits per heavy atom. The fraction of sp³-hybridized carbons (Fsp3) is 1.00. The highest BCUT2D eigenvalue weighted by Crippen LogP contribution is 1.87. The Bertz CT molecular complexity index is 28.1. The van der Waals surface area contributed by atoms with Gasteiger partial charge in [0.25, 0.3) is 0 Å². The van der Waals surface area contributed by atoms with E-state index in [1.807, 2.05) is 20.9 Å². The van der Waals surface area contributed by atoms with Gasteiger partial charge in [0.1, 0.15) is 0 Å². The van der Waals surface area contributed by atoms with Crippen LogP contribution in [0.25, 0.3) is 0 Å². The molecule has 9 heavy (non-hydrogen) atoms. The van der Waals surface area contributed by atoms with Crippen LogP contribution in [0.15, 0.2) is 0 Å². The minimum absolute atomic E-state index is 1.02. The molecule has 0 fully saturated rings. The first-order valence-corrected chi connectivity index (χ1v) is 4.30. The van der Waals surface area contributed by atoms with Gasteiger partial charge in [0.15, 0.2) is 0 Å². The molecule has 1 nitrogen and oxygen atoms in total. The Morgan fingerprint density at radius 3 is 2.11 bits per heavy atom. The van der Waals surface area contributed by atoms with Crippen molar-refractivity contribution in [1.82, 2.24) is 5.32 Å². The molecule has 0 aliphatic rings. The summed E-state index contributed by atoms with van der Waals surface area (Å²) in [5, 5.41) is 3.07. The van der Waals surface area contributed by atoms with Crippen LogP contribution >= 0.6 is 12.6 Å². The average molecular weight is 149 g/mol. The van der Waals surface area contributed by atoms with Crippen molar-refractivity contribution in [3.8, 4) is 0 Å². The van der Waals surface area contributed by atoms with E-state index in [0.29, 0.717) is 0 Å². The molecule has 0 aromatic carbocycles. The molecule has 0 unspecified atom stereocenters. The Labute approximate surface area is 64.6 Å². The minimum atomic E-state index is 1.02. The van der Waals surface area contributed by atoms with Gasteiger partial charge >= 0.3 is 0 Å². The van der Waals surface area contributed by atoms with Crippen molar-refractivity contribution in [1.29, 1.82) is 0 Å². The Hall–Kier alpha value is 0.310. The van der Waals surface area contributed by atoms with Crippen LogP contribution in [0.3, 0.4) is 0 Å². The largest absolute Gasteiger partial charge is 0.320 e. The predicted molar refractivity (Wildman–Crippen MR) is 48.4 cm³/mol. The summed E-state index contributed by atoms with van der Waals surface area (Å²) in [5.41, 5.74) is 0. The number of unbranched alkanes of at least 4 members (excludes halogenated alkanes) is 1. The summed E-state index contributed by atoms with van der Waals surface area (Å²) >= 11 is 4.07. The average Bonchev–Trinajstić information content (AvgIpc) is 1.94. The van der Waals surface area contributed by atoms with Gasteiger partial charge in [-0.3, -0.25) is 0 Å². The van der Waals surface area contributed by atoms with E-state index in [1.54, 1.807) is 0 Å². The van der Waals surface area contributed by atoms with Crippen LogP contribution in [0.1, 0.15) is 26.7 Å². The standard InChI is InChI=1S/C5H13NS.C2H6/c1-6-4-2-3-5-7;1-2/h6-7H,2-5H2,1H3;1-2H3.